The van der Waals surface area contributed by atoms with Gasteiger partial charge in [-0.25, -0.2) is 13.1 Å². The highest BCUT2D eigenvalue weighted by Gasteiger charge is 2.31. The van der Waals surface area contributed by atoms with Crippen molar-refractivity contribution in [1.29, 1.82) is 0 Å². The molecular weight excluding hydrogens is 424 g/mol. The second-order valence-electron chi connectivity index (χ2n) is 9.02. The lowest BCUT2D eigenvalue weighted by Gasteiger charge is -2.32. The number of benzene rings is 2. The number of piperidine rings is 1. The van der Waals surface area contributed by atoms with Crippen LogP contribution in [-0.4, -0.2) is 45.5 Å². The molecule has 1 aliphatic heterocycles. The molecule has 0 radical (unpaired) electrons. The Bertz CT molecular complexity index is 1050. The highest BCUT2D eigenvalue weighted by molar-refractivity contribution is 7.89. The highest BCUT2D eigenvalue weighted by atomic mass is 32.2. The predicted molar refractivity (Wildman–Crippen MR) is 124 cm³/mol. The van der Waals surface area contributed by atoms with E-state index in [4.69, 9.17) is 4.74 Å². The van der Waals surface area contributed by atoms with E-state index in [0.29, 0.717) is 24.6 Å². The third-order valence-corrected chi connectivity index (χ3v) is 8.00. The summed E-state index contributed by atoms with van der Waals surface area (Å²) in [5, 5.41) is 0. The van der Waals surface area contributed by atoms with Crippen LogP contribution >= 0.6 is 0 Å². The van der Waals surface area contributed by atoms with Gasteiger partial charge in [-0.1, -0.05) is 29.8 Å². The number of methoxy groups -OCH3 is 1. The molecular formula is C25H32N2O4S. The number of amides is 1. The van der Waals surface area contributed by atoms with Gasteiger partial charge in [-0.05, 0) is 75.1 Å². The maximum absolute atomic E-state index is 13.1. The van der Waals surface area contributed by atoms with Gasteiger partial charge in [0.05, 0.1) is 7.11 Å². The molecule has 0 aromatic heterocycles. The molecule has 0 spiro atoms. The number of aryl methyl sites for hydroxylation is 2. The first-order chi connectivity index (χ1) is 15.4. The van der Waals surface area contributed by atoms with Crippen LogP contribution in [0.2, 0.25) is 0 Å². The molecule has 4 rings (SSSR count). The van der Waals surface area contributed by atoms with Crippen LogP contribution < -0.4 is 9.46 Å². The molecule has 2 aromatic carbocycles. The SMILES string of the molecule is COc1ccc(C(=O)N2CCC(CCc3ccc(C)cc3)CC2)cc1S(=O)(=O)NC1CC1. The van der Waals surface area contributed by atoms with Crippen LogP contribution in [0.25, 0.3) is 0 Å². The quantitative estimate of drug-likeness (QED) is 0.653. The fraction of sp³-hybridized carbons (Fsp3) is 0.480. The third-order valence-electron chi connectivity index (χ3n) is 6.46. The molecule has 7 heteroatoms. The lowest BCUT2D eigenvalue weighted by atomic mass is 9.90. The van der Waals surface area contributed by atoms with E-state index in [-0.39, 0.29) is 22.6 Å². The summed E-state index contributed by atoms with van der Waals surface area (Å²) in [6.45, 7) is 3.50. The molecule has 0 atom stereocenters. The fourth-order valence-electron chi connectivity index (χ4n) is 4.24. The van der Waals surface area contributed by atoms with Crippen LogP contribution in [0.15, 0.2) is 47.4 Å². The molecule has 1 heterocycles. The van der Waals surface area contributed by atoms with Gasteiger partial charge in [0.2, 0.25) is 10.0 Å². The van der Waals surface area contributed by atoms with Gasteiger partial charge in [0.1, 0.15) is 10.6 Å². The zero-order chi connectivity index (χ0) is 22.7. The van der Waals surface area contributed by atoms with Crippen molar-refractivity contribution < 1.29 is 17.9 Å². The number of carbonyl (C=O) groups is 1. The molecule has 6 nitrogen and oxygen atoms in total. The summed E-state index contributed by atoms with van der Waals surface area (Å²) >= 11 is 0. The van der Waals surface area contributed by atoms with Gasteiger partial charge in [0.25, 0.3) is 5.91 Å². The van der Waals surface area contributed by atoms with E-state index in [1.165, 1.54) is 24.3 Å². The average molecular weight is 457 g/mol. The lowest BCUT2D eigenvalue weighted by molar-refractivity contribution is 0.0686. The Kier molecular flexibility index (Phi) is 6.86. The second kappa shape index (κ2) is 9.63. The number of nitrogens with zero attached hydrogens (tertiary/aromatic N) is 1. The van der Waals surface area contributed by atoms with Crippen LogP contribution in [0.4, 0.5) is 0 Å². The fourth-order valence-corrected chi connectivity index (χ4v) is 5.74. The van der Waals surface area contributed by atoms with Crippen molar-refractivity contribution in [2.45, 2.75) is 56.4 Å². The molecule has 2 aromatic rings. The van der Waals surface area contributed by atoms with E-state index < -0.39 is 10.0 Å². The molecule has 1 N–H and O–H groups in total. The van der Waals surface area contributed by atoms with Gasteiger partial charge in [-0.2, -0.15) is 0 Å². The van der Waals surface area contributed by atoms with Crippen molar-refractivity contribution in [3.63, 3.8) is 0 Å². The van der Waals surface area contributed by atoms with Crippen molar-refractivity contribution in [2.75, 3.05) is 20.2 Å². The first-order valence-corrected chi connectivity index (χ1v) is 12.9. The Hall–Kier alpha value is -2.38. The van der Waals surface area contributed by atoms with E-state index in [9.17, 15) is 13.2 Å². The molecule has 0 bridgehead atoms. The van der Waals surface area contributed by atoms with Crippen LogP contribution in [0.3, 0.4) is 0 Å². The summed E-state index contributed by atoms with van der Waals surface area (Å²) in [7, 11) is -2.28. The topological polar surface area (TPSA) is 75.7 Å². The Morgan fingerprint density at radius 3 is 2.38 bits per heavy atom. The van der Waals surface area contributed by atoms with E-state index in [2.05, 4.69) is 35.9 Å². The molecule has 1 saturated heterocycles. The number of ether oxygens (including phenoxy) is 1. The van der Waals surface area contributed by atoms with Gasteiger partial charge in [-0.15, -0.1) is 0 Å². The minimum Gasteiger partial charge on any atom is -0.495 e. The Labute approximate surface area is 191 Å². The first kappa shape index (κ1) is 22.8. The number of carbonyl (C=O) groups excluding carboxylic acids is 1. The zero-order valence-electron chi connectivity index (χ0n) is 18.8. The Morgan fingerprint density at radius 2 is 1.75 bits per heavy atom. The standard InChI is InChI=1S/C25H32N2O4S/c1-18-3-5-19(6-4-18)7-8-20-13-15-27(16-14-20)25(28)21-9-12-23(31-2)24(17-21)32(29,30)26-22-10-11-22/h3-6,9,12,17,20,22,26H,7-8,10-11,13-16H2,1-2H3. The maximum Gasteiger partial charge on any atom is 0.253 e. The van der Waals surface area contributed by atoms with E-state index in [1.807, 2.05) is 4.90 Å². The summed E-state index contributed by atoms with van der Waals surface area (Å²) in [4.78, 5) is 15.0. The van der Waals surface area contributed by atoms with E-state index in [1.54, 1.807) is 12.1 Å². The predicted octanol–water partition coefficient (Wildman–Crippen LogP) is 3.93. The number of sulfonamides is 1. The van der Waals surface area contributed by atoms with Crippen molar-refractivity contribution in [3.05, 3.63) is 59.2 Å². The molecule has 32 heavy (non-hydrogen) atoms. The summed E-state index contributed by atoms with van der Waals surface area (Å²) in [5.41, 5.74) is 3.03. The summed E-state index contributed by atoms with van der Waals surface area (Å²) < 4.78 is 33.4. The summed E-state index contributed by atoms with van der Waals surface area (Å²) in [6.07, 6.45) is 5.83. The Morgan fingerprint density at radius 1 is 1.06 bits per heavy atom. The van der Waals surface area contributed by atoms with Crippen molar-refractivity contribution in [1.82, 2.24) is 9.62 Å². The molecule has 1 aliphatic carbocycles. The van der Waals surface area contributed by atoms with E-state index in [0.717, 1.165) is 38.5 Å². The lowest BCUT2D eigenvalue weighted by Crippen LogP contribution is -2.38. The number of rotatable bonds is 8. The molecule has 0 unspecified atom stereocenters. The molecule has 172 valence electrons. The molecule has 1 amide bonds. The Balaban J connectivity index is 1.37. The zero-order valence-corrected chi connectivity index (χ0v) is 19.7. The van der Waals surface area contributed by atoms with Crippen LogP contribution in [0.5, 0.6) is 5.75 Å². The average Bonchev–Trinajstić information content (AvgIpc) is 3.61. The molecule has 2 aliphatic rings. The summed E-state index contributed by atoms with van der Waals surface area (Å²) in [5.74, 6) is 0.743. The van der Waals surface area contributed by atoms with E-state index >= 15 is 0 Å². The monoisotopic (exact) mass is 456 g/mol. The summed E-state index contributed by atoms with van der Waals surface area (Å²) in [6, 6.07) is 13.4. The number of nitrogens with one attached hydrogen (secondary N) is 1. The number of likely N-dealkylation sites (tertiary alicyclic amines) is 1. The first-order valence-electron chi connectivity index (χ1n) is 11.4. The van der Waals surface area contributed by atoms with Crippen molar-refractivity contribution >= 4 is 15.9 Å². The normalized spacial score (nSPS) is 17.4. The minimum atomic E-state index is -3.72. The van der Waals surface area contributed by atoms with Gasteiger partial charge < -0.3 is 9.64 Å². The maximum atomic E-state index is 13.1. The van der Waals surface area contributed by atoms with Gasteiger partial charge in [-0.3, -0.25) is 4.79 Å². The van der Waals surface area contributed by atoms with Gasteiger partial charge >= 0.3 is 0 Å². The van der Waals surface area contributed by atoms with Gasteiger partial charge in [0, 0.05) is 24.7 Å². The molecule has 2 fully saturated rings. The third kappa shape index (κ3) is 5.51. The smallest absolute Gasteiger partial charge is 0.253 e. The number of hydrogen-bond donors (Lipinski definition) is 1. The second-order valence-corrected chi connectivity index (χ2v) is 10.7. The van der Waals surface area contributed by atoms with Crippen LogP contribution in [-0.2, 0) is 16.4 Å². The molecule has 1 saturated carbocycles. The minimum absolute atomic E-state index is 0.0111. The van der Waals surface area contributed by atoms with Gasteiger partial charge in [0.15, 0.2) is 0 Å². The van der Waals surface area contributed by atoms with Crippen LogP contribution in [0, 0.1) is 12.8 Å². The van der Waals surface area contributed by atoms with Crippen molar-refractivity contribution in [3.8, 4) is 5.75 Å². The van der Waals surface area contributed by atoms with Crippen LogP contribution in [0.1, 0.15) is 53.6 Å². The van der Waals surface area contributed by atoms with Crippen molar-refractivity contribution in [2.24, 2.45) is 5.92 Å². The largest absolute Gasteiger partial charge is 0.495 e. The number of hydrogen-bond acceptors (Lipinski definition) is 4. The highest BCUT2D eigenvalue weighted by Crippen LogP contribution is 2.30.